The molecular formula is C15H21Cl2NO. The molecule has 2 aliphatic rings. The number of likely N-dealkylation sites (tertiary alicyclic amines) is 1. The minimum absolute atomic E-state index is 0. The van der Waals surface area contributed by atoms with Crippen LogP contribution in [-0.4, -0.2) is 25.1 Å². The number of nitrogens with zero attached hydrogens (tertiary/aromatic N) is 1. The Morgan fingerprint density at radius 2 is 1.95 bits per heavy atom. The molecule has 1 fully saturated rings. The number of rotatable bonds is 2. The summed E-state index contributed by atoms with van der Waals surface area (Å²) in [5.74, 6) is 1.01. The Labute approximate surface area is 126 Å². The molecule has 1 aliphatic heterocycles. The highest BCUT2D eigenvalue weighted by Crippen LogP contribution is 2.43. The fourth-order valence-corrected chi connectivity index (χ4v) is 3.76. The van der Waals surface area contributed by atoms with Crippen molar-refractivity contribution in [2.24, 2.45) is 0 Å². The van der Waals surface area contributed by atoms with E-state index in [-0.39, 0.29) is 12.4 Å². The lowest BCUT2D eigenvalue weighted by molar-refractivity contribution is 0.220. The zero-order valence-corrected chi connectivity index (χ0v) is 12.9. The minimum atomic E-state index is 0. The maximum atomic E-state index is 6.46. The summed E-state index contributed by atoms with van der Waals surface area (Å²) in [5, 5.41) is 0.919. The van der Waals surface area contributed by atoms with Crippen LogP contribution in [0.2, 0.25) is 5.02 Å². The van der Waals surface area contributed by atoms with Crippen molar-refractivity contribution in [1.82, 2.24) is 4.90 Å². The van der Waals surface area contributed by atoms with Crippen molar-refractivity contribution < 1.29 is 4.74 Å². The van der Waals surface area contributed by atoms with Crippen LogP contribution in [0.1, 0.15) is 42.9 Å². The van der Waals surface area contributed by atoms with Crippen molar-refractivity contribution in [3.05, 3.63) is 28.3 Å². The van der Waals surface area contributed by atoms with Gasteiger partial charge in [-0.25, -0.2) is 0 Å². The Hall–Kier alpha value is -0.440. The van der Waals surface area contributed by atoms with Crippen molar-refractivity contribution >= 4 is 24.0 Å². The van der Waals surface area contributed by atoms with Crippen molar-refractivity contribution in [2.45, 2.75) is 38.1 Å². The van der Waals surface area contributed by atoms with Crippen molar-refractivity contribution in [3.63, 3.8) is 0 Å². The molecule has 3 rings (SSSR count). The second-order valence-corrected chi connectivity index (χ2v) is 5.70. The smallest absolute Gasteiger partial charge is 0.122 e. The summed E-state index contributed by atoms with van der Waals surface area (Å²) in [7, 11) is 1.75. The molecule has 1 aliphatic carbocycles. The lowest BCUT2D eigenvalue weighted by Gasteiger charge is -2.34. The van der Waals surface area contributed by atoms with Gasteiger partial charge >= 0.3 is 0 Å². The first-order valence-corrected chi connectivity index (χ1v) is 7.28. The van der Waals surface area contributed by atoms with Gasteiger partial charge in [-0.15, -0.1) is 12.4 Å². The van der Waals surface area contributed by atoms with Gasteiger partial charge in [0.05, 0.1) is 7.11 Å². The molecule has 1 heterocycles. The molecule has 2 nitrogen and oxygen atoms in total. The van der Waals surface area contributed by atoms with Gasteiger partial charge in [-0.05, 0) is 62.9 Å². The maximum absolute atomic E-state index is 6.46. The molecule has 0 N–H and O–H groups in total. The van der Waals surface area contributed by atoms with E-state index in [1.165, 1.54) is 49.9 Å². The van der Waals surface area contributed by atoms with Gasteiger partial charge in [0, 0.05) is 16.6 Å². The first-order valence-electron chi connectivity index (χ1n) is 6.90. The largest absolute Gasteiger partial charge is 0.496 e. The number of fused-ring (bicyclic) bond motifs is 1. The van der Waals surface area contributed by atoms with Crippen LogP contribution >= 0.6 is 24.0 Å². The van der Waals surface area contributed by atoms with E-state index < -0.39 is 0 Å². The normalized spacial score (nSPS) is 22.7. The molecule has 0 bridgehead atoms. The van der Waals surface area contributed by atoms with Gasteiger partial charge in [0.1, 0.15) is 5.75 Å². The Kier molecular flexibility index (Phi) is 4.99. The van der Waals surface area contributed by atoms with Gasteiger partial charge < -0.3 is 4.74 Å². The number of benzene rings is 1. The van der Waals surface area contributed by atoms with E-state index in [4.69, 9.17) is 16.3 Å². The maximum Gasteiger partial charge on any atom is 0.122 e. The zero-order chi connectivity index (χ0) is 12.5. The Morgan fingerprint density at radius 1 is 1.21 bits per heavy atom. The summed E-state index contributed by atoms with van der Waals surface area (Å²) in [5.41, 5.74) is 2.68. The molecule has 0 amide bonds. The molecule has 0 aromatic heterocycles. The molecule has 0 radical (unpaired) electrons. The fraction of sp³-hybridized carbons (Fsp3) is 0.600. The van der Waals surface area contributed by atoms with Crippen LogP contribution < -0.4 is 4.74 Å². The van der Waals surface area contributed by atoms with E-state index in [1.54, 1.807) is 7.11 Å². The molecule has 1 atom stereocenters. The van der Waals surface area contributed by atoms with Crippen molar-refractivity contribution in [3.8, 4) is 5.75 Å². The summed E-state index contributed by atoms with van der Waals surface area (Å²) >= 11 is 6.46. The van der Waals surface area contributed by atoms with Gasteiger partial charge in [-0.3, -0.25) is 4.90 Å². The molecule has 19 heavy (non-hydrogen) atoms. The Balaban J connectivity index is 0.00000133. The van der Waals surface area contributed by atoms with Crippen LogP contribution in [-0.2, 0) is 6.42 Å². The van der Waals surface area contributed by atoms with E-state index in [0.717, 1.165) is 17.2 Å². The SMILES string of the molecule is COc1ccc(Cl)c2c1CCC[C@H]2N1CCCC1.Cl. The summed E-state index contributed by atoms with van der Waals surface area (Å²) in [6, 6.07) is 4.51. The fourth-order valence-electron chi connectivity index (χ4n) is 3.46. The predicted molar refractivity (Wildman–Crippen MR) is 81.7 cm³/mol. The lowest BCUT2D eigenvalue weighted by Crippen LogP contribution is -2.29. The van der Waals surface area contributed by atoms with E-state index >= 15 is 0 Å². The first kappa shape index (κ1) is 15.0. The lowest BCUT2D eigenvalue weighted by atomic mass is 9.86. The van der Waals surface area contributed by atoms with Crippen LogP contribution in [0.3, 0.4) is 0 Å². The molecular weight excluding hydrogens is 281 g/mol. The number of hydrogen-bond acceptors (Lipinski definition) is 2. The van der Waals surface area contributed by atoms with E-state index in [9.17, 15) is 0 Å². The highest BCUT2D eigenvalue weighted by Gasteiger charge is 2.31. The monoisotopic (exact) mass is 301 g/mol. The average molecular weight is 302 g/mol. The Bertz CT molecular complexity index is 444. The average Bonchev–Trinajstić information content (AvgIpc) is 2.92. The minimum Gasteiger partial charge on any atom is -0.496 e. The van der Waals surface area contributed by atoms with E-state index in [1.807, 2.05) is 12.1 Å². The van der Waals surface area contributed by atoms with Crippen LogP contribution in [0.15, 0.2) is 12.1 Å². The highest BCUT2D eigenvalue weighted by molar-refractivity contribution is 6.31. The third-order valence-corrected chi connectivity index (χ3v) is 4.63. The van der Waals surface area contributed by atoms with Crippen LogP contribution in [0.4, 0.5) is 0 Å². The van der Waals surface area contributed by atoms with Crippen molar-refractivity contribution in [1.29, 1.82) is 0 Å². The van der Waals surface area contributed by atoms with Gasteiger partial charge in [-0.2, -0.15) is 0 Å². The molecule has 4 heteroatoms. The van der Waals surface area contributed by atoms with E-state index in [2.05, 4.69) is 4.90 Å². The number of hydrogen-bond donors (Lipinski definition) is 0. The van der Waals surface area contributed by atoms with Crippen LogP contribution in [0.5, 0.6) is 5.75 Å². The molecule has 0 saturated carbocycles. The highest BCUT2D eigenvalue weighted by atomic mass is 35.5. The third-order valence-electron chi connectivity index (χ3n) is 4.30. The second kappa shape index (κ2) is 6.34. The van der Waals surface area contributed by atoms with Gasteiger partial charge in [0.25, 0.3) is 0 Å². The van der Waals surface area contributed by atoms with Gasteiger partial charge in [0.15, 0.2) is 0 Å². The second-order valence-electron chi connectivity index (χ2n) is 5.29. The van der Waals surface area contributed by atoms with Crippen LogP contribution in [0.25, 0.3) is 0 Å². The number of methoxy groups -OCH3 is 1. The van der Waals surface area contributed by atoms with Gasteiger partial charge in [0.2, 0.25) is 0 Å². The van der Waals surface area contributed by atoms with Gasteiger partial charge in [-0.1, -0.05) is 11.6 Å². The predicted octanol–water partition coefficient (Wildman–Crippen LogP) is 4.24. The summed E-state index contributed by atoms with van der Waals surface area (Å²) in [4.78, 5) is 2.60. The Morgan fingerprint density at radius 3 is 2.63 bits per heavy atom. The third kappa shape index (κ3) is 2.72. The molecule has 0 spiro atoms. The molecule has 1 aromatic rings. The first-order chi connectivity index (χ1) is 8.81. The number of halogens is 2. The summed E-state index contributed by atoms with van der Waals surface area (Å²) in [6.45, 7) is 2.44. The molecule has 106 valence electrons. The van der Waals surface area contributed by atoms with E-state index in [0.29, 0.717) is 6.04 Å². The molecule has 1 aromatic carbocycles. The molecule has 1 saturated heterocycles. The number of ether oxygens (including phenoxy) is 1. The van der Waals surface area contributed by atoms with Crippen LogP contribution in [0, 0.1) is 0 Å². The summed E-state index contributed by atoms with van der Waals surface area (Å²) < 4.78 is 5.50. The zero-order valence-electron chi connectivity index (χ0n) is 11.3. The molecule has 0 unspecified atom stereocenters. The standard InChI is InChI=1S/C15H20ClNO.ClH/c1-18-14-8-7-12(16)15-11(14)5-4-6-13(15)17-9-2-3-10-17;/h7-8,13H,2-6,9-10H2,1H3;1H/t13-;/m1./s1. The quantitative estimate of drug-likeness (QED) is 0.810. The summed E-state index contributed by atoms with van der Waals surface area (Å²) in [6.07, 6.45) is 6.23. The van der Waals surface area contributed by atoms with Crippen molar-refractivity contribution in [2.75, 3.05) is 20.2 Å². The topological polar surface area (TPSA) is 12.5 Å².